The minimum absolute atomic E-state index is 0.0427. The molecule has 0 fully saturated rings. The highest BCUT2D eigenvalue weighted by atomic mass is 16.6. The largest absolute Gasteiger partial charge is 0.490 e. The fourth-order valence-corrected chi connectivity index (χ4v) is 1.01. The Balaban J connectivity index is 2.13. The second kappa shape index (κ2) is 6.44. The fraction of sp³-hybridized carbons (Fsp3) is 0.273. The van der Waals surface area contributed by atoms with Gasteiger partial charge in [0.05, 0.1) is 0 Å². The summed E-state index contributed by atoms with van der Waals surface area (Å²) in [5.41, 5.74) is 0. The van der Waals surface area contributed by atoms with Gasteiger partial charge in [0, 0.05) is 0 Å². The van der Waals surface area contributed by atoms with E-state index in [9.17, 15) is 9.59 Å². The smallest absolute Gasteiger partial charge is 0.317 e. The molecule has 0 aliphatic carbocycles. The molecule has 1 rings (SSSR count). The van der Waals surface area contributed by atoms with Crippen LogP contribution in [0.5, 0.6) is 5.75 Å². The van der Waals surface area contributed by atoms with E-state index in [1.54, 1.807) is 12.1 Å². The van der Waals surface area contributed by atoms with Crippen LogP contribution in [0.25, 0.3) is 0 Å². The molecule has 0 aliphatic heterocycles. The third-order valence-corrected chi connectivity index (χ3v) is 1.65. The van der Waals surface area contributed by atoms with Gasteiger partial charge in [0.2, 0.25) is 0 Å². The van der Waals surface area contributed by atoms with Gasteiger partial charge in [-0.1, -0.05) is 18.2 Å². The Bertz CT molecular complexity index is 347. The standard InChI is InChI=1S/C11H12O5/c12-10(13)8-11(14)16-7-6-15-9-4-2-1-3-5-9/h1-5H,6-8H2,(H,12,13). The van der Waals surface area contributed by atoms with E-state index in [4.69, 9.17) is 9.84 Å². The van der Waals surface area contributed by atoms with Gasteiger partial charge in [-0.15, -0.1) is 0 Å². The Morgan fingerprint density at radius 1 is 1.12 bits per heavy atom. The van der Waals surface area contributed by atoms with E-state index in [-0.39, 0.29) is 13.2 Å². The Morgan fingerprint density at radius 3 is 2.44 bits per heavy atom. The van der Waals surface area contributed by atoms with E-state index in [1.165, 1.54) is 0 Å². The Hall–Kier alpha value is -2.04. The molecule has 0 radical (unpaired) electrons. The van der Waals surface area contributed by atoms with E-state index >= 15 is 0 Å². The lowest BCUT2D eigenvalue weighted by molar-refractivity contribution is -0.151. The number of carboxylic acids is 1. The molecule has 0 spiro atoms. The number of ether oxygens (including phenoxy) is 2. The lowest BCUT2D eigenvalue weighted by Gasteiger charge is -2.06. The molecule has 0 atom stereocenters. The summed E-state index contributed by atoms with van der Waals surface area (Å²) >= 11 is 0. The normalized spacial score (nSPS) is 9.50. The quantitative estimate of drug-likeness (QED) is 0.444. The first-order valence-corrected chi connectivity index (χ1v) is 4.74. The minimum Gasteiger partial charge on any atom is -0.490 e. The fourth-order valence-electron chi connectivity index (χ4n) is 1.01. The number of benzene rings is 1. The van der Waals surface area contributed by atoms with Crippen LogP contribution in [0.15, 0.2) is 30.3 Å². The van der Waals surface area contributed by atoms with Crippen LogP contribution >= 0.6 is 0 Å². The van der Waals surface area contributed by atoms with Crippen molar-refractivity contribution in [1.82, 2.24) is 0 Å². The summed E-state index contributed by atoms with van der Waals surface area (Å²) in [4.78, 5) is 20.9. The second-order valence-corrected chi connectivity index (χ2v) is 2.95. The van der Waals surface area contributed by atoms with Crippen LogP contribution < -0.4 is 4.74 Å². The Labute approximate surface area is 92.6 Å². The van der Waals surface area contributed by atoms with Gasteiger partial charge in [-0.05, 0) is 12.1 Å². The molecule has 86 valence electrons. The SMILES string of the molecule is O=C(O)CC(=O)OCCOc1ccccc1. The summed E-state index contributed by atoms with van der Waals surface area (Å²) in [5, 5.41) is 8.29. The molecule has 0 aliphatic rings. The number of rotatable bonds is 6. The lowest BCUT2D eigenvalue weighted by Crippen LogP contribution is -2.15. The highest BCUT2D eigenvalue weighted by Crippen LogP contribution is 2.07. The third kappa shape index (κ3) is 4.99. The predicted molar refractivity (Wildman–Crippen MR) is 55.1 cm³/mol. The zero-order valence-electron chi connectivity index (χ0n) is 8.59. The summed E-state index contributed by atoms with van der Waals surface area (Å²) in [7, 11) is 0. The topological polar surface area (TPSA) is 72.8 Å². The van der Waals surface area contributed by atoms with Crippen LogP contribution in [0.2, 0.25) is 0 Å². The lowest BCUT2D eigenvalue weighted by atomic mass is 10.3. The van der Waals surface area contributed by atoms with Crippen LogP contribution in [-0.4, -0.2) is 30.3 Å². The van der Waals surface area contributed by atoms with Crippen LogP contribution in [0.1, 0.15) is 6.42 Å². The summed E-state index contributed by atoms with van der Waals surface area (Å²) < 4.78 is 9.87. The summed E-state index contributed by atoms with van der Waals surface area (Å²) in [6.45, 7) is 0.246. The molecule has 0 unspecified atom stereocenters. The van der Waals surface area contributed by atoms with E-state index in [1.807, 2.05) is 18.2 Å². The van der Waals surface area contributed by atoms with Crippen LogP contribution in [0, 0.1) is 0 Å². The van der Waals surface area contributed by atoms with Crippen molar-refractivity contribution in [2.24, 2.45) is 0 Å². The van der Waals surface area contributed by atoms with Gasteiger partial charge in [0.25, 0.3) is 0 Å². The molecule has 0 saturated heterocycles. The highest BCUT2D eigenvalue weighted by molar-refractivity contribution is 5.90. The maximum atomic E-state index is 10.8. The monoisotopic (exact) mass is 224 g/mol. The molecule has 0 heterocycles. The van der Waals surface area contributed by atoms with Crippen molar-refractivity contribution in [3.05, 3.63) is 30.3 Å². The average Bonchev–Trinajstić information content (AvgIpc) is 2.25. The number of carboxylic acid groups (broad SMARTS) is 1. The first-order chi connectivity index (χ1) is 7.68. The number of para-hydroxylation sites is 1. The number of esters is 1. The van der Waals surface area contributed by atoms with Gasteiger partial charge < -0.3 is 14.6 Å². The molecule has 5 nitrogen and oxygen atoms in total. The van der Waals surface area contributed by atoms with Crippen molar-refractivity contribution in [3.63, 3.8) is 0 Å². The minimum atomic E-state index is -1.20. The van der Waals surface area contributed by atoms with Gasteiger partial charge in [-0.3, -0.25) is 9.59 Å². The summed E-state index contributed by atoms with van der Waals surface area (Å²) in [6, 6.07) is 9.06. The molecular formula is C11H12O5. The number of carbonyl (C=O) groups is 2. The predicted octanol–water partition coefficient (Wildman–Crippen LogP) is 1.08. The first-order valence-electron chi connectivity index (χ1n) is 4.74. The molecule has 16 heavy (non-hydrogen) atoms. The van der Waals surface area contributed by atoms with E-state index < -0.39 is 18.4 Å². The van der Waals surface area contributed by atoms with Crippen molar-refractivity contribution in [1.29, 1.82) is 0 Å². The maximum absolute atomic E-state index is 10.8. The van der Waals surface area contributed by atoms with Crippen molar-refractivity contribution in [2.75, 3.05) is 13.2 Å². The molecule has 0 aromatic heterocycles. The second-order valence-electron chi connectivity index (χ2n) is 2.95. The maximum Gasteiger partial charge on any atom is 0.317 e. The highest BCUT2D eigenvalue weighted by Gasteiger charge is 2.08. The van der Waals surface area contributed by atoms with Crippen molar-refractivity contribution in [3.8, 4) is 5.75 Å². The zero-order valence-corrected chi connectivity index (χ0v) is 8.59. The van der Waals surface area contributed by atoms with Gasteiger partial charge in [-0.25, -0.2) is 0 Å². The van der Waals surface area contributed by atoms with Crippen LogP contribution in [-0.2, 0) is 14.3 Å². The van der Waals surface area contributed by atoms with Crippen molar-refractivity contribution in [2.45, 2.75) is 6.42 Å². The number of hydrogen-bond acceptors (Lipinski definition) is 4. The van der Waals surface area contributed by atoms with Crippen molar-refractivity contribution >= 4 is 11.9 Å². The van der Waals surface area contributed by atoms with Gasteiger partial charge in [0.1, 0.15) is 25.4 Å². The van der Waals surface area contributed by atoms with Gasteiger partial charge >= 0.3 is 11.9 Å². The van der Waals surface area contributed by atoms with E-state index in [2.05, 4.69) is 4.74 Å². The van der Waals surface area contributed by atoms with Crippen LogP contribution in [0.4, 0.5) is 0 Å². The molecule has 1 aromatic carbocycles. The molecule has 0 amide bonds. The molecule has 1 aromatic rings. The Kier molecular flexibility index (Phi) is 4.85. The molecule has 1 N–H and O–H groups in total. The summed E-state index contributed by atoms with van der Waals surface area (Å²) in [6.07, 6.45) is -0.620. The average molecular weight is 224 g/mol. The van der Waals surface area contributed by atoms with E-state index in [0.717, 1.165) is 0 Å². The summed E-state index contributed by atoms with van der Waals surface area (Å²) in [5.74, 6) is -1.28. The zero-order chi connectivity index (χ0) is 11.8. The van der Waals surface area contributed by atoms with Gasteiger partial charge in [0.15, 0.2) is 0 Å². The first kappa shape index (κ1) is 12.0. The van der Waals surface area contributed by atoms with Crippen molar-refractivity contribution < 1.29 is 24.2 Å². The molecule has 0 saturated carbocycles. The number of hydrogen-bond donors (Lipinski definition) is 1. The number of aliphatic carboxylic acids is 1. The van der Waals surface area contributed by atoms with E-state index in [0.29, 0.717) is 5.75 Å². The van der Waals surface area contributed by atoms with Crippen LogP contribution in [0.3, 0.4) is 0 Å². The van der Waals surface area contributed by atoms with Gasteiger partial charge in [-0.2, -0.15) is 0 Å². The molecule has 5 heteroatoms. The molecular weight excluding hydrogens is 212 g/mol. The number of carbonyl (C=O) groups excluding carboxylic acids is 1. The Morgan fingerprint density at radius 2 is 1.81 bits per heavy atom. The molecule has 0 bridgehead atoms. The third-order valence-electron chi connectivity index (χ3n) is 1.65.